The number of carbonyl (C=O) groups is 3. The van der Waals surface area contributed by atoms with Gasteiger partial charge in [-0.25, -0.2) is 0 Å². The van der Waals surface area contributed by atoms with Gasteiger partial charge in [0.15, 0.2) is 5.78 Å². The predicted octanol–water partition coefficient (Wildman–Crippen LogP) is 3.27. The fourth-order valence-electron chi connectivity index (χ4n) is 6.16. The second kappa shape index (κ2) is 4.39. The first-order valence-electron chi connectivity index (χ1n) is 8.66. The van der Waals surface area contributed by atoms with Crippen LogP contribution in [0.1, 0.15) is 58.8 Å². The topological polar surface area (TPSA) is 51.2 Å². The largest absolute Gasteiger partial charge is 0.299 e. The van der Waals surface area contributed by atoms with Crippen molar-refractivity contribution in [1.29, 1.82) is 0 Å². The number of rotatable bonds is 0. The summed E-state index contributed by atoms with van der Waals surface area (Å²) in [5.41, 5.74) is 0.660. The van der Waals surface area contributed by atoms with E-state index in [2.05, 4.69) is 6.92 Å². The zero-order valence-corrected chi connectivity index (χ0v) is 13.5. The van der Waals surface area contributed by atoms with Gasteiger partial charge in [0.1, 0.15) is 11.6 Å². The lowest BCUT2D eigenvalue weighted by Crippen LogP contribution is -2.55. The minimum atomic E-state index is -0.402. The maximum atomic E-state index is 13.0. The van der Waals surface area contributed by atoms with Crippen LogP contribution in [0.4, 0.5) is 0 Å². The number of carbonyl (C=O) groups excluding carboxylic acids is 3. The molecule has 3 saturated carbocycles. The Morgan fingerprint density at radius 3 is 2.55 bits per heavy atom. The van der Waals surface area contributed by atoms with E-state index >= 15 is 0 Å². The summed E-state index contributed by atoms with van der Waals surface area (Å²) in [5, 5.41) is 0. The van der Waals surface area contributed by atoms with Gasteiger partial charge in [0.2, 0.25) is 0 Å². The SMILES string of the molecule is C[C@@]12CC(=O)[C@H]3[C@H](CCC4=CC(=O)CC[C@@]43C)[C@H]1CCC2=O. The fourth-order valence-corrected chi connectivity index (χ4v) is 6.16. The van der Waals surface area contributed by atoms with Crippen molar-refractivity contribution in [3.05, 3.63) is 11.6 Å². The van der Waals surface area contributed by atoms with Crippen LogP contribution in [0.15, 0.2) is 11.6 Å². The van der Waals surface area contributed by atoms with Crippen molar-refractivity contribution in [2.45, 2.75) is 58.8 Å². The molecule has 0 aromatic rings. The molecule has 3 fully saturated rings. The first kappa shape index (κ1) is 14.3. The lowest BCUT2D eigenvalue weighted by Gasteiger charge is -2.55. The Kier molecular flexibility index (Phi) is 2.87. The quantitative estimate of drug-likeness (QED) is 0.690. The van der Waals surface area contributed by atoms with Crippen LogP contribution >= 0.6 is 0 Å². The number of Topliss-reactive ketones (excluding diaryl/α,β-unsaturated/α-hetero) is 2. The van der Waals surface area contributed by atoms with Gasteiger partial charge in [-0.1, -0.05) is 19.4 Å². The van der Waals surface area contributed by atoms with Crippen molar-refractivity contribution < 1.29 is 14.4 Å². The molecule has 0 radical (unpaired) electrons. The smallest absolute Gasteiger partial charge is 0.155 e. The van der Waals surface area contributed by atoms with E-state index in [9.17, 15) is 14.4 Å². The molecule has 0 amide bonds. The van der Waals surface area contributed by atoms with Gasteiger partial charge in [0, 0.05) is 30.6 Å². The lowest BCUT2D eigenvalue weighted by molar-refractivity contribution is -0.149. The Labute approximate surface area is 131 Å². The van der Waals surface area contributed by atoms with E-state index in [1.807, 2.05) is 13.0 Å². The zero-order valence-electron chi connectivity index (χ0n) is 13.5. The molecule has 118 valence electrons. The summed E-state index contributed by atoms with van der Waals surface area (Å²) >= 11 is 0. The van der Waals surface area contributed by atoms with Gasteiger partial charge in [-0.05, 0) is 49.0 Å². The van der Waals surface area contributed by atoms with E-state index in [0.717, 1.165) is 25.7 Å². The van der Waals surface area contributed by atoms with E-state index in [-0.39, 0.29) is 22.9 Å². The highest BCUT2D eigenvalue weighted by Gasteiger charge is 2.62. The van der Waals surface area contributed by atoms with Crippen LogP contribution < -0.4 is 0 Å². The predicted molar refractivity (Wildman–Crippen MR) is 82.1 cm³/mol. The molecule has 22 heavy (non-hydrogen) atoms. The van der Waals surface area contributed by atoms with Crippen LogP contribution in [-0.2, 0) is 14.4 Å². The van der Waals surface area contributed by atoms with Crippen LogP contribution in [0.2, 0.25) is 0 Å². The molecule has 0 aromatic carbocycles. The highest BCUT2D eigenvalue weighted by Crippen LogP contribution is 2.63. The molecule has 0 bridgehead atoms. The van der Waals surface area contributed by atoms with E-state index in [1.165, 1.54) is 5.57 Å². The molecule has 0 saturated heterocycles. The third kappa shape index (κ3) is 1.65. The number of hydrogen-bond acceptors (Lipinski definition) is 3. The van der Waals surface area contributed by atoms with Gasteiger partial charge in [-0.3, -0.25) is 14.4 Å². The molecule has 3 nitrogen and oxygen atoms in total. The second-order valence-electron chi connectivity index (χ2n) is 8.36. The van der Waals surface area contributed by atoms with Crippen molar-refractivity contribution in [2.75, 3.05) is 0 Å². The van der Waals surface area contributed by atoms with Crippen molar-refractivity contribution >= 4 is 17.3 Å². The molecule has 4 aliphatic rings. The third-order valence-electron chi connectivity index (χ3n) is 7.36. The van der Waals surface area contributed by atoms with E-state index < -0.39 is 5.41 Å². The van der Waals surface area contributed by atoms with Crippen LogP contribution in [0, 0.1) is 28.6 Å². The Bertz CT molecular complexity index is 616. The highest BCUT2D eigenvalue weighted by molar-refractivity contribution is 5.96. The average Bonchev–Trinajstić information content (AvgIpc) is 2.75. The Morgan fingerprint density at radius 2 is 1.77 bits per heavy atom. The second-order valence-corrected chi connectivity index (χ2v) is 8.36. The fraction of sp³-hybridized carbons (Fsp3) is 0.737. The Hall–Kier alpha value is -1.25. The zero-order chi connectivity index (χ0) is 15.7. The molecular formula is C19H24O3. The summed E-state index contributed by atoms with van der Waals surface area (Å²) in [6.45, 7) is 4.22. The van der Waals surface area contributed by atoms with Gasteiger partial charge >= 0.3 is 0 Å². The molecule has 0 N–H and O–H groups in total. The number of fused-ring (bicyclic) bond motifs is 5. The third-order valence-corrected chi connectivity index (χ3v) is 7.36. The van der Waals surface area contributed by atoms with Gasteiger partial charge in [-0.15, -0.1) is 0 Å². The average molecular weight is 300 g/mol. The lowest BCUT2D eigenvalue weighted by atomic mass is 9.47. The van der Waals surface area contributed by atoms with Crippen molar-refractivity contribution in [1.82, 2.24) is 0 Å². The maximum absolute atomic E-state index is 13.0. The molecule has 0 aliphatic heterocycles. The van der Waals surface area contributed by atoms with Crippen LogP contribution in [0.25, 0.3) is 0 Å². The van der Waals surface area contributed by atoms with Crippen LogP contribution in [0.5, 0.6) is 0 Å². The Balaban J connectivity index is 1.77. The molecule has 0 aromatic heterocycles. The highest BCUT2D eigenvalue weighted by atomic mass is 16.1. The summed E-state index contributed by atoms with van der Waals surface area (Å²) in [6, 6.07) is 0. The van der Waals surface area contributed by atoms with Gasteiger partial charge in [0.25, 0.3) is 0 Å². The summed E-state index contributed by atoms with van der Waals surface area (Å²) in [5.74, 6) is 1.54. The minimum Gasteiger partial charge on any atom is -0.299 e. The summed E-state index contributed by atoms with van der Waals surface area (Å²) in [6.07, 6.45) is 7.12. The monoisotopic (exact) mass is 300 g/mol. The summed E-state index contributed by atoms with van der Waals surface area (Å²) in [7, 11) is 0. The van der Waals surface area contributed by atoms with Gasteiger partial charge in [0.05, 0.1) is 0 Å². The number of ketones is 3. The first-order valence-corrected chi connectivity index (χ1v) is 8.66. The summed E-state index contributed by atoms with van der Waals surface area (Å²) < 4.78 is 0. The van der Waals surface area contributed by atoms with Crippen molar-refractivity contribution in [3.8, 4) is 0 Å². The molecule has 0 heterocycles. The molecule has 0 spiro atoms. The molecule has 4 rings (SSSR count). The van der Waals surface area contributed by atoms with Gasteiger partial charge < -0.3 is 0 Å². The Morgan fingerprint density at radius 1 is 1.00 bits per heavy atom. The summed E-state index contributed by atoms with van der Waals surface area (Å²) in [4.78, 5) is 37.1. The van der Waals surface area contributed by atoms with Crippen LogP contribution in [-0.4, -0.2) is 17.3 Å². The standard InChI is InChI=1S/C19H24O3/c1-18-8-7-12(20)9-11(18)3-4-13-14-5-6-16(22)19(14,2)10-15(21)17(13)18/h9,13-14,17H,3-8,10H2,1-2H3/t13-,14-,17-,18+,19-/m1/s1. The first-order chi connectivity index (χ1) is 10.4. The minimum absolute atomic E-state index is 0.0320. The maximum Gasteiger partial charge on any atom is 0.155 e. The van der Waals surface area contributed by atoms with Crippen LogP contribution in [0.3, 0.4) is 0 Å². The van der Waals surface area contributed by atoms with Gasteiger partial charge in [-0.2, -0.15) is 0 Å². The molecular weight excluding hydrogens is 276 g/mol. The van der Waals surface area contributed by atoms with E-state index in [4.69, 9.17) is 0 Å². The van der Waals surface area contributed by atoms with Crippen molar-refractivity contribution in [3.63, 3.8) is 0 Å². The van der Waals surface area contributed by atoms with E-state index in [0.29, 0.717) is 36.9 Å². The molecule has 3 heteroatoms. The normalized spacial score (nSPS) is 47.6. The number of allylic oxidation sites excluding steroid dienone is 1. The molecule has 4 aliphatic carbocycles. The molecule has 5 atom stereocenters. The number of hydrogen-bond donors (Lipinski definition) is 0. The van der Waals surface area contributed by atoms with E-state index in [1.54, 1.807) is 0 Å². The van der Waals surface area contributed by atoms with Crippen molar-refractivity contribution in [2.24, 2.45) is 28.6 Å². The molecule has 0 unspecified atom stereocenters.